The number of nitrogen functional groups attached to an aromatic ring is 1. The molecule has 38 heavy (non-hydrogen) atoms. The zero-order valence-electron chi connectivity index (χ0n) is 20.3. The summed E-state index contributed by atoms with van der Waals surface area (Å²) in [6, 6.07) is 17.3. The van der Waals surface area contributed by atoms with E-state index in [2.05, 4.69) is 25.6 Å². The molecule has 2 aromatic heterocycles. The van der Waals surface area contributed by atoms with Crippen LogP contribution >= 0.6 is 0 Å². The van der Waals surface area contributed by atoms with Crippen LogP contribution in [-0.4, -0.2) is 66.4 Å². The minimum Gasteiger partial charge on any atom is -0.387 e. The molecule has 2 amide bonds. The molecule has 5 rings (SSSR count). The zero-order valence-corrected chi connectivity index (χ0v) is 20.3. The molecule has 0 aliphatic carbocycles. The highest BCUT2D eigenvalue weighted by Crippen LogP contribution is 2.31. The fraction of sp³-hybridized carbons (Fsp3) is 0.269. The molecule has 0 radical (unpaired) electrons. The molecule has 0 spiro atoms. The molecule has 0 saturated carbocycles. The molecule has 0 bridgehead atoms. The summed E-state index contributed by atoms with van der Waals surface area (Å²) in [5, 5.41) is 26.5. The van der Waals surface area contributed by atoms with Crippen LogP contribution in [-0.2, 0) is 14.3 Å². The van der Waals surface area contributed by atoms with Gasteiger partial charge in [-0.3, -0.25) is 14.2 Å². The molecule has 4 atom stereocenters. The van der Waals surface area contributed by atoms with Gasteiger partial charge in [0.1, 0.15) is 30.2 Å². The average Bonchev–Trinajstić information content (AvgIpc) is 3.48. The predicted molar refractivity (Wildman–Crippen MR) is 138 cm³/mol. The van der Waals surface area contributed by atoms with Crippen molar-refractivity contribution in [2.24, 2.45) is 0 Å². The van der Waals surface area contributed by atoms with Gasteiger partial charge in [0.15, 0.2) is 17.7 Å². The van der Waals surface area contributed by atoms with Gasteiger partial charge >= 0.3 is 0 Å². The third kappa shape index (κ3) is 5.32. The fourth-order valence-electron chi connectivity index (χ4n) is 4.34. The molecular weight excluding hydrogens is 490 g/mol. The fourth-order valence-corrected chi connectivity index (χ4v) is 4.34. The number of anilines is 2. The lowest BCUT2D eigenvalue weighted by Gasteiger charge is -2.16. The maximum atomic E-state index is 12.4. The highest BCUT2D eigenvalue weighted by molar-refractivity contribution is 5.93. The van der Waals surface area contributed by atoms with Gasteiger partial charge in [0.25, 0.3) is 0 Å². The smallest absolute Gasteiger partial charge is 0.224 e. The summed E-state index contributed by atoms with van der Waals surface area (Å²) in [7, 11) is 0. The van der Waals surface area contributed by atoms with Crippen molar-refractivity contribution in [3.63, 3.8) is 0 Å². The third-order valence-electron chi connectivity index (χ3n) is 6.33. The lowest BCUT2D eigenvalue weighted by molar-refractivity contribution is -0.125. The Morgan fingerprint density at radius 2 is 1.71 bits per heavy atom. The number of nitrogens with one attached hydrogen (secondary N) is 2. The van der Waals surface area contributed by atoms with Crippen molar-refractivity contribution in [1.29, 1.82) is 0 Å². The first-order valence-electron chi connectivity index (χ1n) is 12.1. The molecule has 1 aliphatic rings. The van der Waals surface area contributed by atoms with Gasteiger partial charge in [-0.25, -0.2) is 15.0 Å². The van der Waals surface area contributed by atoms with Crippen LogP contribution in [0.5, 0.6) is 0 Å². The highest BCUT2D eigenvalue weighted by Gasteiger charge is 2.44. The number of ether oxygens (including phenoxy) is 1. The van der Waals surface area contributed by atoms with E-state index in [1.165, 1.54) is 17.2 Å². The van der Waals surface area contributed by atoms with Crippen LogP contribution in [0.1, 0.15) is 19.1 Å². The number of rotatable bonds is 8. The van der Waals surface area contributed by atoms with E-state index in [1.54, 1.807) is 6.07 Å². The number of carbonyl (C=O) groups is 2. The van der Waals surface area contributed by atoms with Crippen molar-refractivity contribution >= 4 is 34.5 Å². The number of fused-ring (bicyclic) bond motifs is 1. The van der Waals surface area contributed by atoms with E-state index in [-0.39, 0.29) is 37.0 Å². The van der Waals surface area contributed by atoms with Crippen LogP contribution in [0, 0.1) is 0 Å². The van der Waals surface area contributed by atoms with Gasteiger partial charge in [-0.15, -0.1) is 0 Å². The van der Waals surface area contributed by atoms with Crippen molar-refractivity contribution in [3.05, 3.63) is 67.3 Å². The molecule has 196 valence electrons. The van der Waals surface area contributed by atoms with E-state index >= 15 is 0 Å². The zero-order chi connectivity index (χ0) is 26.6. The van der Waals surface area contributed by atoms with E-state index in [0.29, 0.717) is 16.9 Å². The lowest BCUT2D eigenvalue weighted by Crippen LogP contribution is -2.40. The number of nitrogens with zero attached hydrogens (tertiary/aromatic N) is 4. The number of aliphatic hydroxyl groups excluding tert-OH is 2. The molecule has 12 heteroatoms. The number of amides is 2. The van der Waals surface area contributed by atoms with Gasteiger partial charge in [-0.1, -0.05) is 42.5 Å². The Labute approximate surface area is 217 Å². The topological polar surface area (TPSA) is 178 Å². The summed E-state index contributed by atoms with van der Waals surface area (Å²) in [5.41, 5.74) is 9.14. The van der Waals surface area contributed by atoms with Crippen LogP contribution in [0.2, 0.25) is 0 Å². The van der Waals surface area contributed by atoms with Crippen molar-refractivity contribution < 1.29 is 24.5 Å². The quantitative estimate of drug-likeness (QED) is 0.230. The molecule has 6 N–H and O–H groups in total. The molecule has 1 saturated heterocycles. The molecule has 4 aromatic rings. The second kappa shape index (κ2) is 10.9. The summed E-state index contributed by atoms with van der Waals surface area (Å²) in [4.78, 5) is 36.9. The summed E-state index contributed by atoms with van der Waals surface area (Å²) < 4.78 is 7.27. The Balaban J connectivity index is 1.11. The van der Waals surface area contributed by atoms with Gasteiger partial charge in [-0.05, 0) is 23.3 Å². The van der Waals surface area contributed by atoms with Crippen LogP contribution in [0.25, 0.3) is 22.3 Å². The van der Waals surface area contributed by atoms with E-state index in [0.717, 1.165) is 11.1 Å². The minimum absolute atomic E-state index is 0.0249. The lowest BCUT2D eigenvalue weighted by atomic mass is 10.1. The number of hydrogen-bond acceptors (Lipinski definition) is 9. The summed E-state index contributed by atoms with van der Waals surface area (Å²) >= 11 is 0. The number of benzene rings is 2. The molecule has 1 fully saturated rings. The van der Waals surface area contributed by atoms with E-state index < -0.39 is 24.5 Å². The van der Waals surface area contributed by atoms with Gasteiger partial charge in [-0.2, -0.15) is 0 Å². The number of nitrogens with two attached hydrogens (primary N) is 1. The van der Waals surface area contributed by atoms with Crippen molar-refractivity contribution in [2.75, 3.05) is 17.6 Å². The highest BCUT2D eigenvalue weighted by atomic mass is 16.6. The Morgan fingerprint density at radius 1 is 0.947 bits per heavy atom. The van der Waals surface area contributed by atoms with Crippen LogP contribution in [0.3, 0.4) is 0 Å². The van der Waals surface area contributed by atoms with Gasteiger partial charge in [0.2, 0.25) is 11.8 Å². The molecule has 1 aliphatic heterocycles. The van der Waals surface area contributed by atoms with Crippen molar-refractivity contribution in [3.8, 4) is 11.1 Å². The van der Waals surface area contributed by atoms with E-state index in [4.69, 9.17) is 10.5 Å². The predicted octanol–water partition coefficient (Wildman–Crippen LogP) is 1.23. The standard InChI is InChI=1S/C26H27N7O5/c27-24-21-25(30-13-29-24)33(14-31-21)26-23(37)22(36)18(38-26)12-28-19(34)9-10-20(35)32-17-8-4-7-16(11-17)15-5-2-1-3-6-15/h1-8,11,13-14,18,22-23,26,36-37H,9-10,12H2,(H,28,34)(H,32,35)(H2,27,29,30)/t18?,22-,23-,26?/m1/s1. The minimum atomic E-state index is -1.29. The maximum Gasteiger partial charge on any atom is 0.224 e. The molecular formula is C26H27N7O5. The molecule has 12 nitrogen and oxygen atoms in total. The van der Waals surface area contributed by atoms with E-state index in [9.17, 15) is 19.8 Å². The Bertz CT molecular complexity index is 1440. The molecule has 2 aromatic carbocycles. The normalized spacial score (nSPS) is 20.9. The number of carbonyl (C=O) groups excluding carboxylic acids is 2. The van der Waals surface area contributed by atoms with Crippen LogP contribution in [0.15, 0.2) is 67.3 Å². The first-order valence-corrected chi connectivity index (χ1v) is 12.1. The summed E-state index contributed by atoms with van der Waals surface area (Å²) in [5.74, 6) is -0.509. The van der Waals surface area contributed by atoms with Crippen molar-refractivity contribution in [1.82, 2.24) is 24.8 Å². The maximum absolute atomic E-state index is 12.4. The van der Waals surface area contributed by atoms with Gasteiger partial charge < -0.3 is 31.3 Å². The summed E-state index contributed by atoms with van der Waals surface area (Å²) in [6.07, 6.45) is -1.84. The Kier molecular flexibility index (Phi) is 7.26. The first-order chi connectivity index (χ1) is 18.4. The Hall–Kier alpha value is -4.39. The number of imidazole rings is 1. The molecule has 3 heterocycles. The number of aromatic nitrogens is 4. The van der Waals surface area contributed by atoms with Gasteiger partial charge in [0, 0.05) is 25.1 Å². The summed E-state index contributed by atoms with van der Waals surface area (Å²) in [6.45, 7) is -0.0575. The second-order valence-corrected chi connectivity index (χ2v) is 8.93. The monoisotopic (exact) mass is 517 g/mol. The third-order valence-corrected chi connectivity index (χ3v) is 6.33. The van der Waals surface area contributed by atoms with Crippen molar-refractivity contribution in [2.45, 2.75) is 37.4 Å². The number of hydrogen-bond donors (Lipinski definition) is 5. The van der Waals surface area contributed by atoms with Crippen LogP contribution < -0.4 is 16.4 Å². The second-order valence-electron chi connectivity index (χ2n) is 8.93. The first kappa shape index (κ1) is 25.3. The Morgan fingerprint density at radius 3 is 2.53 bits per heavy atom. The largest absolute Gasteiger partial charge is 0.387 e. The SMILES string of the molecule is Nc1ncnc2c1ncn2C1OC(CNC(=O)CCC(=O)Nc2cccc(-c3ccccc3)c2)[C@@H](O)[C@H]1O. The van der Waals surface area contributed by atoms with Gasteiger partial charge in [0.05, 0.1) is 6.33 Å². The molecule has 2 unspecified atom stereocenters. The number of aliphatic hydroxyl groups is 2. The van der Waals surface area contributed by atoms with E-state index in [1.807, 2.05) is 48.5 Å². The average molecular weight is 518 g/mol. The van der Waals surface area contributed by atoms with Crippen LogP contribution in [0.4, 0.5) is 11.5 Å².